The van der Waals surface area contributed by atoms with Gasteiger partial charge in [0.25, 0.3) is 0 Å². The lowest BCUT2D eigenvalue weighted by molar-refractivity contribution is -0.130. The summed E-state index contributed by atoms with van der Waals surface area (Å²) in [6, 6.07) is 15.2. The Morgan fingerprint density at radius 2 is 1.85 bits per heavy atom. The molecule has 0 aromatic heterocycles. The predicted molar refractivity (Wildman–Crippen MR) is 107 cm³/mol. The number of carbonyl (C=O) groups is 1. The highest BCUT2D eigenvalue weighted by atomic mass is 19.1. The fourth-order valence-corrected chi connectivity index (χ4v) is 3.64. The molecule has 1 aliphatic rings. The van der Waals surface area contributed by atoms with E-state index in [-0.39, 0.29) is 11.7 Å². The van der Waals surface area contributed by atoms with E-state index in [1.807, 2.05) is 18.2 Å². The first kappa shape index (κ1) is 19.6. The standard InChI is InChI=1S/C23H29FN2O/c1-17(2)26(3)16-19-9-5-4-8-18(19)15-25-22(27)23(12-7-13-23)20-10-6-11-21(24)14-20/h4-6,8-11,14,17H,7,12-13,15-16H2,1-3H3,(H,25,27). The number of carbonyl (C=O) groups excluding carboxylic acids is 1. The van der Waals surface area contributed by atoms with Gasteiger partial charge in [0.05, 0.1) is 5.41 Å². The topological polar surface area (TPSA) is 32.3 Å². The van der Waals surface area contributed by atoms with Gasteiger partial charge in [-0.05, 0) is 62.6 Å². The molecule has 0 spiro atoms. The Bertz CT molecular complexity index is 798. The van der Waals surface area contributed by atoms with Gasteiger partial charge in [-0.1, -0.05) is 42.8 Å². The molecular weight excluding hydrogens is 339 g/mol. The van der Waals surface area contributed by atoms with Crippen molar-refractivity contribution in [1.29, 1.82) is 0 Å². The minimum absolute atomic E-state index is 0.00590. The normalized spacial score (nSPS) is 15.6. The Morgan fingerprint density at radius 1 is 1.15 bits per heavy atom. The molecule has 0 atom stereocenters. The van der Waals surface area contributed by atoms with Gasteiger partial charge in [-0.2, -0.15) is 0 Å². The lowest BCUT2D eigenvalue weighted by Gasteiger charge is -2.40. The van der Waals surface area contributed by atoms with Gasteiger partial charge in [-0.3, -0.25) is 9.69 Å². The second-order valence-electron chi connectivity index (χ2n) is 7.91. The molecule has 1 aliphatic carbocycles. The van der Waals surface area contributed by atoms with Crippen LogP contribution in [0.5, 0.6) is 0 Å². The van der Waals surface area contributed by atoms with E-state index in [9.17, 15) is 9.18 Å². The molecular formula is C23H29FN2O. The summed E-state index contributed by atoms with van der Waals surface area (Å²) in [7, 11) is 2.10. The summed E-state index contributed by atoms with van der Waals surface area (Å²) in [5.74, 6) is -0.278. The second kappa shape index (κ2) is 8.22. The molecule has 0 aliphatic heterocycles. The molecule has 0 unspecified atom stereocenters. The summed E-state index contributed by atoms with van der Waals surface area (Å²) in [6.45, 7) is 5.68. The average molecular weight is 368 g/mol. The Hall–Kier alpha value is -2.20. The van der Waals surface area contributed by atoms with E-state index in [1.165, 1.54) is 17.7 Å². The zero-order valence-corrected chi connectivity index (χ0v) is 16.5. The fourth-order valence-electron chi connectivity index (χ4n) is 3.64. The van der Waals surface area contributed by atoms with Crippen LogP contribution in [0.3, 0.4) is 0 Å². The monoisotopic (exact) mass is 368 g/mol. The van der Waals surface area contributed by atoms with Gasteiger partial charge in [0.1, 0.15) is 5.82 Å². The quantitative estimate of drug-likeness (QED) is 0.785. The largest absolute Gasteiger partial charge is 0.351 e. The van der Waals surface area contributed by atoms with Crippen LogP contribution in [0.2, 0.25) is 0 Å². The molecule has 1 amide bonds. The van der Waals surface area contributed by atoms with Crippen molar-refractivity contribution in [2.75, 3.05) is 7.05 Å². The van der Waals surface area contributed by atoms with Crippen LogP contribution in [0.4, 0.5) is 4.39 Å². The zero-order valence-electron chi connectivity index (χ0n) is 16.5. The molecule has 0 saturated heterocycles. The van der Waals surface area contributed by atoms with E-state index in [0.29, 0.717) is 12.6 Å². The maximum Gasteiger partial charge on any atom is 0.230 e. The molecule has 0 bridgehead atoms. The second-order valence-corrected chi connectivity index (χ2v) is 7.91. The zero-order chi connectivity index (χ0) is 19.4. The van der Waals surface area contributed by atoms with Crippen LogP contribution in [0.15, 0.2) is 48.5 Å². The Balaban J connectivity index is 1.72. The van der Waals surface area contributed by atoms with Gasteiger partial charge < -0.3 is 5.32 Å². The summed E-state index contributed by atoms with van der Waals surface area (Å²) >= 11 is 0. The van der Waals surface area contributed by atoms with E-state index in [1.54, 1.807) is 6.07 Å². The SMILES string of the molecule is CC(C)N(C)Cc1ccccc1CNC(=O)C1(c2cccc(F)c2)CCC1. The first-order valence-electron chi connectivity index (χ1n) is 9.74. The van der Waals surface area contributed by atoms with E-state index in [4.69, 9.17) is 0 Å². The lowest BCUT2D eigenvalue weighted by Crippen LogP contribution is -2.49. The molecule has 27 heavy (non-hydrogen) atoms. The van der Waals surface area contributed by atoms with Gasteiger partial charge in [-0.25, -0.2) is 4.39 Å². The van der Waals surface area contributed by atoms with Crippen LogP contribution in [0.1, 0.15) is 49.8 Å². The number of rotatable bonds is 7. The van der Waals surface area contributed by atoms with E-state index >= 15 is 0 Å². The van der Waals surface area contributed by atoms with Gasteiger partial charge in [0, 0.05) is 19.1 Å². The van der Waals surface area contributed by atoms with Crippen molar-refractivity contribution < 1.29 is 9.18 Å². The Labute approximate surface area is 161 Å². The lowest BCUT2D eigenvalue weighted by atomic mass is 9.63. The van der Waals surface area contributed by atoms with Crippen LogP contribution in [0, 0.1) is 5.82 Å². The highest BCUT2D eigenvalue weighted by Gasteiger charge is 2.45. The van der Waals surface area contributed by atoms with Gasteiger partial charge >= 0.3 is 0 Å². The van der Waals surface area contributed by atoms with Crippen molar-refractivity contribution in [1.82, 2.24) is 10.2 Å². The third-order valence-electron chi connectivity index (χ3n) is 5.88. The molecule has 0 heterocycles. The van der Waals surface area contributed by atoms with Crippen LogP contribution in [-0.4, -0.2) is 23.9 Å². The fraction of sp³-hybridized carbons (Fsp3) is 0.435. The summed E-state index contributed by atoms with van der Waals surface area (Å²) in [5, 5.41) is 3.12. The number of benzene rings is 2. The molecule has 3 nitrogen and oxygen atoms in total. The van der Waals surface area contributed by atoms with Crippen LogP contribution in [-0.2, 0) is 23.3 Å². The molecule has 2 aromatic rings. The number of hydrogen-bond acceptors (Lipinski definition) is 2. The molecule has 1 saturated carbocycles. The highest BCUT2D eigenvalue weighted by Crippen LogP contribution is 2.44. The summed E-state index contributed by atoms with van der Waals surface area (Å²) in [4.78, 5) is 15.3. The first-order valence-corrected chi connectivity index (χ1v) is 9.74. The van der Waals surface area contributed by atoms with Crippen LogP contribution >= 0.6 is 0 Å². The Kier molecular flexibility index (Phi) is 5.95. The van der Waals surface area contributed by atoms with Gasteiger partial charge in [-0.15, -0.1) is 0 Å². The molecule has 1 fully saturated rings. The number of halogens is 1. The maximum atomic E-state index is 13.7. The van der Waals surface area contributed by atoms with E-state index in [0.717, 1.165) is 36.9 Å². The number of nitrogens with one attached hydrogen (secondary N) is 1. The molecule has 144 valence electrons. The van der Waals surface area contributed by atoms with Crippen molar-refractivity contribution in [3.05, 3.63) is 71.0 Å². The highest BCUT2D eigenvalue weighted by molar-refractivity contribution is 5.89. The van der Waals surface area contributed by atoms with Crippen molar-refractivity contribution in [3.63, 3.8) is 0 Å². The molecule has 1 N–H and O–H groups in total. The van der Waals surface area contributed by atoms with Crippen LogP contribution < -0.4 is 5.32 Å². The smallest absolute Gasteiger partial charge is 0.230 e. The third-order valence-corrected chi connectivity index (χ3v) is 5.88. The predicted octanol–water partition coefficient (Wildman–Crippen LogP) is 4.40. The summed E-state index contributed by atoms with van der Waals surface area (Å²) < 4.78 is 13.7. The average Bonchev–Trinajstić information content (AvgIpc) is 2.60. The van der Waals surface area contributed by atoms with Crippen LogP contribution in [0.25, 0.3) is 0 Å². The van der Waals surface area contributed by atoms with E-state index < -0.39 is 5.41 Å². The Morgan fingerprint density at radius 3 is 2.44 bits per heavy atom. The van der Waals surface area contributed by atoms with Gasteiger partial charge in [0.2, 0.25) is 5.91 Å². The van der Waals surface area contributed by atoms with Crippen molar-refractivity contribution in [2.24, 2.45) is 0 Å². The van der Waals surface area contributed by atoms with Crippen molar-refractivity contribution in [3.8, 4) is 0 Å². The summed E-state index contributed by atoms with van der Waals surface area (Å²) in [5.41, 5.74) is 2.57. The molecule has 0 radical (unpaired) electrons. The van der Waals surface area contributed by atoms with E-state index in [2.05, 4.69) is 43.2 Å². The van der Waals surface area contributed by atoms with Crippen molar-refractivity contribution in [2.45, 2.75) is 57.7 Å². The minimum Gasteiger partial charge on any atom is -0.351 e. The maximum absolute atomic E-state index is 13.7. The molecule has 2 aromatic carbocycles. The third kappa shape index (κ3) is 4.22. The molecule has 3 rings (SSSR count). The van der Waals surface area contributed by atoms with Gasteiger partial charge in [0.15, 0.2) is 0 Å². The summed E-state index contributed by atoms with van der Waals surface area (Å²) in [6.07, 6.45) is 2.56. The number of nitrogens with zero attached hydrogens (tertiary/aromatic N) is 1. The molecule has 4 heteroatoms. The van der Waals surface area contributed by atoms with Crippen molar-refractivity contribution >= 4 is 5.91 Å². The number of amides is 1. The number of hydrogen-bond donors (Lipinski definition) is 1. The minimum atomic E-state index is -0.578. The first-order chi connectivity index (χ1) is 12.9.